The summed E-state index contributed by atoms with van der Waals surface area (Å²) in [4.78, 5) is 51.1. The Morgan fingerprint density at radius 1 is 0.456 bits per heavy atom. The molecule has 0 aliphatic heterocycles. The summed E-state index contributed by atoms with van der Waals surface area (Å²) in [6.07, 6.45) is 9.19. The molecule has 336 valence electrons. The number of aliphatic hydroxyl groups excluding tert-OH is 1. The van der Waals surface area contributed by atoms with E-state index in [0.717, 1.165) is 77.7 Å². The van der Waals surface area contributed by atoms with Crippen LogP contribution in [0.4, 0.5) is 0 Å². The molecule has 0 fully saturated rings. The zero-order chi connectivity index (χ0) is 43.7. The van der Waals surface area contributed by atoms with Gasteiger partial charge in [-0.2, -0.15) is 0 Å². The topological polar surface area (TPSA) is 186 Å². The number of nitrogens with one attached hydrogen (secondary N) is 5. The number of esters is 4. The van der Waals surface area contributed by atoms with Gasteiger partial charge in [0.15, 0.2) is 6.10 Å². The molecule has 4 unspecified atom stereocenters. The molecule has 0 saturated carbocycles. The van der Waals surface area contributed by atoms with Crippen molar-refractivity contribution < 1.29 is 43.2 Å². The van der Waals surface area contributed by atoms with Crippen molar-refractivity contribution in [1.82, 2.24) is 26.6 Å². The summed E-state index contributed by atoms with van der Waals surface area (Å²) >= 11 is 0. The first-order valence-electron chi connectivity index (χ1n) is 21.5. The molecular formula is C43H85N5O9. The van der Waals surface area contributed by atoms with E-state index in [-0.39, 0.29) is 25.1 Å². The molecule has 6 N–H and O–H groups in total. The summed E-state index contributed by atoms with van der Waals surface area (Å²) in [6.45, 7) is 27.8. The van der Waals surface area contributed by atoms with Crippen molar-refractivity contribution in [3.8, 4) is 0 Å². The maximum absolute atomic E-state index is 13.1. The molecule has 0 spiro atoms. The highest BCUT2D eigenvalue weighted by Gasteiger charge is 2.33. The quantitative estimate of drug-likeness (QED) is 0.0234. The molecule has 14 nitrogen and oxygen atoms in total. The van der Waals surface area contributed by atoms with Gasteiger partial charge >= 0.3 is 23.9 Å². The maximum Gasteiger partial charge on any atom is 0.335 e. The Labute approximate surface area is 346 Å². The molecule has 0 aromatic rings. The van der Waals surface area contributed by atoms with Crippen molar-refractivity contribution in [3.63, 3.8) is 0 Å². The number of hydrogen-bond acceptors (Lipinski definition) is 14. The number of unbranched alkanes of at least 4 members (excludes halogenated alkanes) is 6. The predicted molar refractivity (Wildman–Crippen MR) is 227 cm³/mol. The van der Waals surface area contributed by atoms with Crippen molar-refractivity contribution >= 4 is 23.9 Å². The molecule has 0 amide bonds. The fraction of sp³-hybridized carbons (Fsp3) is 0.907. The van der Waals surface area contributed by atoms with Crippen LogP contribution in [0.1, 0.15) is 167 Å². The molecule has 0 radical (unpaired) electrons. The maximum atomic E-state index is 13.1. The van der Waals surface area contributed by atoms with Crippen LogP contribution in [0.5, 0.6) is 0 Å². The van der Waals surface area contributed by atoms with E-state index in [1.54, 1.807) is 41.5 Å². The van der Waals surface area contributed by atoms with Gasteiger partial charge < -0.3 is 40.0 Å². The van der Waals surface area contributed by atoms with Crippen LogP contribution in [-0.4, -0.2) is 115 Å². The lowest BCUT2D eigenvalue weighted by molar-refractivity contribution is -0.167. The van der Waals surface area contributed by atoms with E-state index in [9.17, 15) is 24.3 Å². The molecule has 4 atom stereocenters. The third-order valence-corrected chi connectivity index (χ3v) is 8.25. The van der Waals surface area contributed by atoms with Crippen molar-refractivity contribution in [1.29, 1.82) is 0 Å². The van der Waals surface area contributed by atoms with Gasteiger partial charge in [0.2, 0.25) is 0 Å². The Balaban J connectivity index is 4.57. The number of carbonyl (C=O) groups is 4. The molecule has 0 aliphatic rings. The van der Waals surface area contributed by atoms with Crippen molar-refractivity contribution in [2.24, 2.45) is 0 Å². The highest BCUT2D eigenvalue weighted by atomic mass is 16.6. The molecule has 0 bridgehead atoms. The smallest absolute Gasteiger partial charge is 0.335 e. The second kappa shape index (κ2) is 28.2. The zero-order valence-electron chi connectivity index (χ0n) is 38.3. The van der Waals surface area contributed by atoms with E-state index in [2.05, 4.69) is 33.5 Å². The molecule has 0 heterocycles. The first kappa shape index (κ1) is 54.6. The number of ether oxygens (including phenoxy) is 4. The third kappa shape index (κ3) is 32.2. The normalized spacial score (nSPS) is 14.7. The Hall–Kier alpha value is -2.36. The van der Waals surface area contributed by atoms with Gasteiger partial charge in [-0.1, -0.05) is 45.4 Å². The second-order valence-electron chi connectivity index (χ2n) is 19.0. The Morgan fingerprint density at radius 2 is 0.825 bits per heavy atom. The van der Waals surface area contributed by atoms with Gasteiger partial charge in [-0.05, 0) is 135 Å². The zero-order valence-corrected chi connectivity index (χ0v) is 38.3. The number of rotatable bonds is 30. The molecule has 57 heavy (non-hydrogen) atoms. The van der Waals surface area contributed by atoms with Crippen LogP contribution in [0.25, 0.3) is 0 Å². The van der Waals surface area contributed by atoms with E-state index in [1.165, 1.54) is 19.3 Å². The summed E-state index contributed by atoms with van der Waals surface area (Å²) in [7, 11) is 0. The highest BCUT2D eigenvalue weighted by Crippen LogP contribution is 2.16. The van der Waals surface area contributed by atoms with Crippen LogP contribution in [0.15, 0.2) is 0 Å². The first-order valence-corrected chi connectivity index (χ1v) is 21.5. The summed E-state index contributed by atoms with van der Waals surface area (Å²) < 4.78 is 22.1. The molecule has 0 rings (SSSR count). The van der Waals surface area contributed by atoms with Crippen molar-refractivity contribution in [3.05, 3.63) is 0 Å². The number of hydrogen-bond donors (Lipinski definition) is 6. The van der Waals surface area contributed by atoms with Crippen molar-refractivity contribution in [2.45, 2.75) is 214 Å². The standard InChI is InChI=1S/C43H85N5O9/c1-14-15-23-32(36(50)54-40(2,3)4)46-29-28-45-26-21-19-17-16-18-20-25-44-27-22-24-33(37(51)55-41(5,6)7)47-31-48-34(38(52)56-42(8,9)10)30-35(49)39(53)57-43(11,12)13/h32-35,44-49H,14-31H2,1-13H3. The average molecular weight is 816 g/mol. The van der Waals surface area contributed by atoms with E-state index in [1.807, 2.05) is 41.5 Å². The Kier molecular flexibility index (Phi) is 27.0. The minimum Gasteiger partial charge on any atom is -0.459 e. The third-order valence-electron chi connectivity index (χ3n) is 8.25. The average Bonchev–Trinajstić information content (AvgIpc) is 3.04. The fourth-order valence-electron chi connectivity index (χ4n) is 5.61. The van der Waals surface area contributed by atoms with Crippen LogP contribution >= 0.6 is 0 Å². The molecule has 14 heteroatoms. The first-order chi connectivity index (χ1) is 26.3. The summed E-state index contributed by atoms with van der Waals surface area (Å²) in [5.41, 5.74) is -2.73. The number of aliphatic hydroxyl groups is 1. The summed E-state index contributed by atoms with van der Waals surface area (Å²) in [5.74, 6) is -2.02. The van der Waals surface area contributed by atoms with Crippen LogP contribution in [0, 0.1) is 0 Å². The fourth-order valence-corrected chi connectivity index (χ4v) is 5.61. The lowest BCUT2D eigenvalue weighted by Crippen LogP contribution is -2.51. The van der Waals surface area contributed by atoms with Gasteiger partial charge in [0, 0.05) is 26.2 Å². The lowest BCUT2D eigenvalue weighted by atomic mass is 10.1. The molecular weight excluding hydrogens is 730 g/mol. The SMILES string of the molecule is CCCCC(NCCNCCCCCCCCNCCCC(NCNC(CC(O)C(=O)OC(C)(C)C)C(=O)OC(C)(C)C)C(=O)OC(C)(C)C)C(=O)OC(C)(C)C. The largest absolute Gasteiger partial charge is 0.459 e. The van der Waals surface area contributed by atoms with Gasteiger partial charge in [-0.25, -0.2) is 4.79 Å². The molecule has 0 saturated heterocycles. The minimum absolute atomic E-state index is 0.0327. The van der Waals surface area contributed by atoms with E-state index >= 15 is 0 Å². The Bertz CT molecular complexity index is 1130. The van der Waals surface area contributed by atoms with Gasteiger partial charge in [-0.15, -0.1) is 0 Å². The summed E-state index contributed by atoms with van der Waals surface area (Å²) in [5, 5.41) is 27.1. The number of carbonyl (C=O) groups excluding carboxylic acids is 4. The lowest BCUT2D eigenvalue weighted by Gasteiger charge is -2.28. The van der Waals surface area contributed by atoms with E-state index in [0.29, 0.717) is 6.42 Å². The minimum atomic E-state index is -1.55. The molecule has 0 aromatic heterocycles. The monoisotopic (exact) mass is 816 g/mol. The van der Waals surface area contributed by atoms with Crippen LogP contribution in [0.3, 0.4) is 0 Å². The van der Waals surface area contributed by atoms with Crippen LogP contribution in [-0.2, 0) is 38.1 Å². The predicted octanol–water partition coefficient (Wildman–Crippen LogP) is 5.43. The summed E-state index contributed by atoms with van der Waals surface area (Å²) in [6, 6.07) is -1.93. The van der Waals surface area contributed by atoms with Gasteiger partial charge in [-0.3, -0.25) is 25.0 Å². The van der Waals surface area contributed by atoms with Crippen LogP contribution in [0.2, 0.25) is 0 Å². The van der Waals surface area contributed by atoms with Gasteiger partial charge in [0.25, 0.3) is 0 Å². The molecule has 0 aromatic carbocycles. The molecule has 0 aliphatic carbocycles. The van der Waals surface area contributed by atoms with E-state index in [4.69, 9.17) is 18.9 Å². The van der Waals surface area contributed by atoms with Crippen molar-refractivity contribution in [2.75, 3.05) is 39.4 Å². The highest BCUT2D eigenvalue weighted by molar-refractivity contribution is 5.80. The van der Waals surface area contributed by atoms with Crippen LogP contribution < -0.4 is 26.6 Å². The second-order valence-corrected chi connectivity index (χ2v) is 19.0. The van der Waals surface area contributed by atoms with Gasteiger partial charge in [0.1, 0.15) is 40.5 Å². The van der Waals surface area contributed by atoms with E-state index < -0.39 is 58.5 Å². The Morgan fingerprint density at radius 3 is 1.30 bits per heavy atom. The van der Waals surface area contributed by atoms with Gasteiger partial charge in [0.05, 0.1) is 0 Å².